The summed E-state index contributed by atoms with van der Waals surface area (Å²) in [5.74, 6) is -1.30. The first-order chi connectivity index (χ1) is 10.2. The maximum atomic E-state index is 11.8. The number of benzene rings is 1. The third-order valence-electron chi connectivity index (χ3n) is 3.43. The van der Waals surface area contributed by atoms with Crippen LogP contribution in [0.15, 0.2) is 18.2 Å². The van der Waals surface area contributed by atoms with Crippen LogP contribution in [0.2, 0.25) is 0 Å². The zero-order valence-electron chi connectivity index (χ0n) is 13.8. The summed E-state index contributed by atoms with van der Waals surface area (Å²) in [6.07, 6.45) is 1.50. The van der Waals surface area contributed by atoms with Crippen molar-refractivity contribution in [1.82, 2.24) is 5.32 Å². The summed E-state index contributed by atoms with van der Waals surface area (Å²) >= 11 is 0. The highest BCUT2D eigenvalue weighted by atomic mass is 16.3. The summed E-state index contributed by atoms with van der Waals surface area (Å²) < 4.78 is 0. The number of carbonyl (C=O) groups is 2. The van der Waals surface area contributed by atoms with Crippen molar-refractivity contribution in [3.8, 4) is 0 Å². The van der Waals surface area contributed by atoms with Gasteiger partial charge in [0.25, 0.3) is 0 Å². The predicted octanol–water partition coefficient (Wildman–Crippen LogP) is 2.16. The molecule has 0 aromatic heterocycles. The second kappa shape index (κ2) is 7.94. The van der Waals surface area contributed by atoms with Gasteiger partial charge in [0.2, 0.25) is 0 Å². The standard InChI is InChI=1S/C17H26N2O3/c1-12-8-13(2)10-14(9-12)19-16(22)15(21)18-7-5-6-17(3,4)11-20/h8-10,20H,5-7,11H2,1-4H3,(H,18,21)(H,19,22). The Bertz CT molecular complexity index is 518. The monoisotopic (exact) mass is 306 g/mol. The lowest BCUT2D eigenvalue weighted by Gasteiger charge is -2.21. The van der Waals surface area contributed by atoms with Gasteiger partial charge in [0.05, 0.1) is 0 Å². The molecule has 1 aromatic carbocycles. The zero-order valence-corrected chi connectivity index (χ0v) is 13.8. The van der Waals surface area contributed by atoms with Gasteiger partial charge in [0.1, 0.15) is 0 Å². The van der Waals surface area contributed by atoms with Crippen LogP contribution in [0.3, 0.4) is 0 Å². The third-order valence-corrected chi connectivity index (χ3v) is 3.43. The van der Waals surface area contributed by atoms with E-state index < -0.39 is 11.8 Å². The SMILES string of the molecule is Cc1cc(C)cc(NC(=O)C(=O)NCCCC(C)(C)CO)c1. The third kappa shape index (κ3) is 6.26. The number of rotatable bonds is 6. The van der Waals surface area contributed by atoms with Gasteiger partial charge >= 0.3 is 11.8 Å². The number of nitrogens with one attached hydrogen (secondary N) is 2. The van der Waals surface area contributed by atoms with Gasteiger partial charge in [-0.05, 0) is 55.4 Å². The van der Waals surface area contributed by atoms with Crippen LogP contribution in [0.4, 0.5) is 5.69 Å². The second-order valence-corrected chi connectivity index (χ2v) is 6.51. The number of aliphatic hydroxyl groups excluding tert-OH is 1. The number of hydrogen-bond donors (Lipinski definition) is 3. The van der Waals surface area contributed by atoms with E-state index in [1.807, 2.05) is 45.9 Å². The molecule has 0 unspecified atom stereocenters. The molecule has 5 heteroatoms. The molecular weight excluding hydrogens is 280 g/mol. The molecule has 0 saturated carbocycles. The highest BCUT2D eigenvalue weighted by molar-refractivity contribution is 6.39. The van der Waals surface area contributed by atoms with E-state index in [9.17, 15) is 9.59 Å². The van der Waals surface area contributed by atoms with Crippen molar-refractivity contribution in [2.24, 2.45) is 5.41 Å². The molecule has 0 radical (unpaired) electrons. The number of amides is 2. The van der Waals surface area contributed by atoms with Crippen molar-refractivity contribution in [2.75, 3.05) is 18.5 Å². The number of aliphatic hydroxyl groups is 1. The number of carbonyl (C=O) groups excluding carboxylic acids is 2. The lowest BCUT2D eigenvalue weighted by atomic mass is 9.89. The molecule has 3 N–H and O–H groups in total. The lowest BCUT2D eigenvalue weighted by Crippen LogP contribution is -2.36. The van der Waals surface area contributed by atoms with E-state index in [2.05, 4.69) is 10.6 Å². The Labute approximate surface area is 132 Å². The first-order valence-corrected chi connectivity index (χ1v) is 7.52. The zero-order chi connectivity index (χ0) is 16.8. The Hall–Kier alpha value is -1.88. The van der Waals surface area contributed by atoms with Crippen LogP contribution in [-0.2, 0) is 9.59 Å². The summed E-state index contributed by atoms with van der Waals surface area (Å²) in [4.78, 5) is 23.6. The van der Waals surface area contributed by atoms with Crippen molar-refractivity contribution >= 4 is 17.5 Å². The van der Waals surface area contributed by atoms with Crippen molar-refractivity contribution in [3.63, 3.8) is 0 Å². The van der Waals surface area contributed by atoms with Gasteiger partial charge in [0.15, 0.2) is 0 Å². The van der Waals surface area contributed by atoms with Crippen molar-refractivity contribution in [3.05, 3.63) is 29.3 Å². The second-order valence-electron chi connectivity index (χ2n) is 6.51. The first kappa shape index (κ1) is 18.2. The fourth-order valence-corrected chi connectivity index (χ4v) is 2.16. The molecule has 5 nitrogen and oxygen atoms in total. The molecule has 122 valence electrons. The van der Waals surface area contributed by atoms with Crippen LogP contribution in [0.1, 0.15) is 37.8 Å². The number of hydrogen-bond acceptors (Lipinski definition) is 3. The minimum Gasteiger partial charge on any atom is -0.396 e. The van der Waals surface area contributed by atoms with E-state index in [4.69, 9.17) is 5.11 Å². The molecule has 22 heavy (non-hydrogen) atoms. The summed E-state index contributed by atoms with van der Waals surface area (Å²) in [6, 6.07) is 5.64. The Kier molecular flexibility index (Phi) is 6.56. The van der Waals surface area contributed by atoms with Gasteiger partial charge in [-0.2, -0.15) is 0 Å². The van der Waals surface area contributed by atoms with Crippen LogP contribution < -0.4 is 10.6 Å². The van der Waals surface area contributed by atoms with Gasteiger partial charge in [0, 0.05) is 18.8 Å². The highest BCUT2D eigenvalue weighted by Gasteiger charge is 2.17. The normalized spacial score (nSPS) is 11.1. The maximum absolute atomic E-state index is 11.8. The van der Waals surface area contributed by atoms with E-state index >= 15 is 0 Å². The average molecular weight is 306 g/mol. The van der Waals surface area contributed by atoms with E-state index in [0.717, 1.165) is 24.0 Å². The Balaban J connectivity index is 2.41. The summed E-state index contributed by atoms with van der Waals surface area (Å²) in [6.45, 7) is 8.32. The van der Waals surface area contributed by atoms with Crippen LogP contribution in [-0.4, -0.2) is 30.1 Å². The number of anilines is 1. The smallest absolute Gasteiger partial charge is 0.313 e. The molecule has 2 amide bonds. The molecule has 0 heterocycles. The molecule has 0 spiro atoms. The van der Waals surface area contributed by atoms with Gasteiger partial charge in [-0.3, -0.25) is 9.59 Å². The molecule has 0 saturated heterocycles. The Morgan fingerprint density at radius 3 is 2.23 bits per heavy atom. The van der Waals surface area contributed by atoms with Gasteiger partial charge in [-0.1, -0.05) is 19.9 Å². The average Bonchev–Trinajstić information content (AvgIpc) is 2.42. The van der Waals surface area contributed by atoms with Crippen LogP contribution in [0.25, 0.3) is 0 Å². The fraction of sp³-hybridized carbons (Fsp3) is 0.529. The van der Waals surface area contributed by atoms with E-state index in [-0.39, 0.29) is 12.0 Å². The van der Waals surface area contributed by atoms with E-state index in [0.29, 0.717) is 12.2 Å². The van der Waals surface area contributed by atoms with Crippen molar-refractivity contribution in [1.29, 1.82) is 0 Å². The largest absolute Gasteiger partial charge is 0.396 e. The first-order valence-electron chi connectivity index (χ1n) is 7.52. The van der Waals surface area contributed by atoms with E-state index in [1.165, 1.54) is 0 Å². The fourth-order valence-electron chi connectivity index (χ4n) is 2.16. The molecule has 0 aliphatic heterocycles. The Morgan fingerprint density at radius 1 is 1.09 bits per heavy atom. The highest BCUT2D eigenvalue weighted by Crippen LogP contribution is 2.20. The summed E-state index contributed by atoms with van der Waals surface area (Å²) in [7, 11) is 0. The molecule has 0 aliphatic rings. The van der Waals surface area contributed by atoms with Crippen LogP contribution in [0, 0.1) is 19.3 Å². The van der Waals surface area contributed by atoms with Crippen molar-refractivity contribution < 1.29 is 14.7 Å². The Morgan fingerprint density at radius 2 is 1.68 bits per heavy atom. The predicted molar refractivity (Wildman–Crippen MR) is 87.7 cm³/mol. The minimum absolute atomic E-state index is 0.105. The van der Waals surface area contributed by atoms with Crippen LogP contribution in [0.5, 0.6) is 0 Å². The van der Waals surface area contributed by atoms with Gasteiger partial charge in [-0.25, -0.2) is 0 Å². The molecule has 0 aliphatic carbocycles. The molecule has 1 aromatic rings. The van der Waals surface area contributed by atoms with Crippen LogP contribution >= 0.6 is 0 Å². The molecule has 1 rings (SSSR count). The molecule has 0 atom stereocenters. The summed E-state index contributed by atoms with van der Waals surface area (Å²) in [5, 5.41) is 14.3. The topological polar surface area (TPSA) is 78.4 Å². The summed E-state index contributed by atoms with van der Waals surface area (Å²) in [5.41, 5.74) is 2.52. The van der Waals surface area contributed by atoms with Gasteiger partial charge in [-0.15, -0.1) is 0 Å². The van der Waals surface area contributed by atoms with E-state index in [1.54, 1.807) is 0 Å². The lowest BCUT2D eigenvalue weighted by molar-refractivity contribution is -0.136. The van der Waals surface area contributed by atoms with Gasteiger partial charge < -0.3 is 15.7 Å². The molecule has 0 fully saturated rings. The molecule has 0 bridgehead atoms. The number of aryl methyl sites for hydroxylation is 2. The maximum Gasteiger partial charge on any atom is 0.313 e. The van der Waals surface area contributed by atoms with Crippen molar-refractivity contribution in [2.45, 2.75) is 40.5 Å². The molecular formula is C17H26N2O3. The minimum atomic E-state index is -0.661. The quantitative estimate of drug-likeness (QED) is 0.556.